The molecule has 3 atom stereocenters. The van der Waals surface area contributed by atoms with Crippen molar-refractivity contribution in [1.82, 2.24) is 5.32 Å². The van der Waals surface area contributed by atoms with Gasteiger partial charge in [0.15, 0.2) is 0 Å². The summed E-state index contributed by atoms with van der Waals surface area (Å²) in [5, 5.41) is 16.8. The minimum atomic E-state index is -0.781. The highest BCUT2D eigenvalue weighted by atomic mass is 16.5. The molecule has 154 valence electrons. The number of fused-ring (bicyclic) bond motifs is 2. The summed E-state index contributed by atoms with van der Waals surface area (Å²) in [4.78, 5) is 24.1. The van der Waals surface area contributed by atoms with E-state index >= 15 is 0 Å². The summed E-state index contributed by atoms with van der Waals surface area (Å²) in [6.07, 6.45) is 5.99. The van der Waals surface area contributed by atoms with Gasteiger partial charge in [0.05, 0.1) is 18.3 Å². The fourth-order valence-electron chi connectivity index (χ4n) is 4.75. The van der Waals surface area contributed by atoms with Crippen molar-refractivity contribution < 1.29 is 19.4 Å². The Bertz CT molecular complexity index is 716. The Morgan fingerprint density at radius 2 is 1.96 bits per heavy atom. The quantitative estimate of drug-likeness (QED) is 0.625. The first-order chi connectivity index (χ1) is 13.2. The molecule has 0 aromatic heterocycles. The van der Waals surface area contributed by atoms with Gasteiger partial charge in [-0.1, -0.05) is 0 Å². The standard InChI is InChI=1S/C22H32N2O4/c1-21(2,24-18-6-4-17(5-7-18)19(25)28-3)20(26)23-11-9-16-12-15-8-10-22(27,13-15)14-16/h4-7,15-16,24,27H,8-14H2,1-3H3,(H,23,26)/t15-,16?,22-/m0/s1. The summed E-state index contributed by atoms with van der Waals surface area (Å²) in [5.74, 6) is 0.699. The van der Waals surface area contributed by atoms with Crippen LogP contribution in [0.15, 0.2) is 24.3 Å². The highest BCUT2D eigenvalue weighted by Crippen LogP contribution is 2.48. The van der Waals surface area contributed by atoms with Gasteiger partial charge in [-0.2, -0.15) is 0 Å². The number of nitrogens with one attached hydrogen (secondary N) is 2. The van der Waals surface area contributed by atoms with E-state index in [0.29, 0.717) is 23.9 Å². The molecule has 2 aliphatic carbocycles. The number of benzene rings is 1. The Labute approximate surface area is 167 Å². The average Bonchev–Trinajstić information content (AvgIpc) is 2.93. The van der Waals surface area contributed by atoms with Crippen LogP contribution in [0.5, 0.6) is 0 Å². The first kappa shape index (κ1) is 20.6. The number of hydrogen-bond acceptors (Lipinski definition) is 5. The molecule has 6 nitrogen and oxygen atoms in total. The van der Waals surface area contributed by atoms with Crippen molar-refractivity contribution in [3.8, 4) is 0 Å². The van der Waals surface area contributed by atoms with E-state index < -0.39 is 11.1 Å². The molecule has 0 aliphatic heterocycles. The van der Waals surface area contributed by atoms with Crippen LogP contribution in [0.4, 0.5) is 5.69 Å². The van der Waals surface area contributed by atoms with Gasteiger partial charge in [0.1, 0.15) is 5.54 Å². The van der Waals surface area contributed by atoms with E-state index in [1.54, 1.807) is 24.3 Å². The number of hydrogen-bond donors (Lipinski definition) is 3. The molecule has 0 radical (unpaired) electrons. The summed E-state index contributed by atoms with van der Waals surface area (Å²) < 4.78 is 4.69. The van der Waals surface area contributed by atoms with Crippen LogP contribution < -0.4 is 10.6 Å². The average molecular weight is 389 g/mol. The first-order valence-electron chi connectivity index (χ1n) is 10.2. The normalized spacial score (nSPS) is 26.6. The van der Waals surface area contributed by atoms with Gasteiger partial charge in [0.2, 0.25) is 5.91 Å². The summed E-state index contributed by atoms with van der Waals surface area (Å²) in [6, 6.07) is 6.87. The Hall–Kier alpha value is -2.08. The lowest BCUT2D eigenvalue weighted by molar-refractivity contribution is -0.124. The maximum Gasteiger partial charge on any atom is 0.337 e. The predicted molar refractivity (Wildman–Crippen MR) is 108 cm³/mol. The van der Waals surface area contributed by atoms with Crippen molar-refractivity contribution in [2.75, 3.05) is 19.0 Å². The SMILES string of the molecule is COC(=O)c1ccc(NC(C)(C)C(=O)NCCC2C[C@@H]3CC[C@@](O)(C2)C3)cc1. The second-order valence-corrected chi connectivity index (χ2v) is 9.00. The molecule has 3 rings (SSSR count). The third-order valence-electron chi connectivity index (χ3n) is 6.19. The second kappa shape index (κ2) is 8.11. The van der Waals surface area contributed by atoms with Gasteiger partial charge in [-0.05, 0) is 88.5 Å². The van der Waals surface area contributed by atoms with Crippen molar-refractivity contribution in [1.29, 1.82) is 0 Å². The minimum Gasteiger partial charge on any atom is -0.465 e. The smallest absolute Gasteiger partial charge is 0.337 e. The molecule has 1 aromatic rings. The van der Waals surface area contributed by atoms with Crippen LogP contribution in [0, 0.1) is 11.8 Å². The van der Waals surface area contributed by atoms with E-state index in [0.717, 1.165) is 37.8 Å². The third-order valence-corrected chi connectivity index (χ3v) is 6.19. The fraction of sp³-hybridized carbons (Fsp3) is 0.636. The van der Waals surface area contributed by atoms with Gasteiger partial charge >= 0.3 is 5.97 Å². The molecular weight excluding hydrogens is 356 g/mol. The molecule has 2 fully saturated rings. The van der Waals surface area contributed by atoms with Crippen LogP contribution in [-0.2, 0) is 9.53 Å². The predicted octanol–water partition coefficient (Wildman–Crippen LogP) is 3.11. The molecule has 1 aromatic carbocycles. The van der Waals surface area contributed by atoms with Crippen LogP contribution in [0.3, 0.4) is 0 Å². The first-order valence-corrected chi connectivity index (χ1v) is 10.2. The van der Waals surface area contributed by atoms with E-state index in [4.69, 9.17) is 4.74 Å². The van der Waals surface area contributed by atoms with E-state index in [-0.39, 0.29) is 11.9 Å². The van der Waals surface area contributed by atoms with E-state index in [9.17, 15) is 14.7 Å². The summed E-state index contributed by atoms with van der Waals surface area (Å²) in [5.41, 5.74) is 0.00281. The highest BCUT2D eigenvalue weighted by molar-refractivity contribution is 5.90. The van der Waals surface area contributed by atoms with E-state index in [1.165, 1.54) is 13.5 Å². The summed E-state index contributed by atoms with van der Waals surface area (Å²) >= 11 is 0. The highest BCUT2D eigenvalue weighted by Gasteiger charge is 2.43. The van der Waals surface area contributed by atoms with Crippen molar-refractivity contribution >= 4 is 17.6 Å². The number of anilines is 1. The zero-order valence-corrected chi connectivity index (χ0v) is 17.1. The van der Waals surface area contributed by atoms with Gasteiger partial charge in [-0.25, -0.2) is 4.79 Å². The molecular formula is C22H32N2O4. The molecule has 2 aliphatic rings. The number of esters is 1. The van der Waals surface area contributed by atoms with Crippen LogP contribution >= 0.6 is 0 Å². The number of carbonyl (C=O) groups is 2. The Balaban J connectivity index is 1.47. The Morgan fingerprint density at radius 1 is 1.25 bits per heavy atom. The summed E-state index contributed by atoms with van der Waals surface area (Å²) in [7, 11) is 1.35. The van der Waals surface area contributed by atoms with Crippen molar-refractivity contribution in [2.45, 2.75) is 63.5 Å². The monoisotopic (exact) mass is 388 g/mol. The van der Waals surface area contributed by atoms with Gasteiger partial charge < -0.3 is 20.5 Å². The Kier molecular flexibility index (Phi) is 5.98. The molecule has 0 spiro atoms. The van der Waals surface area contributed by atoms with E-state index in [1.807, 2.05) is 13.8 Å². The van der Waals surface area contributed by atoms with E-state index in [2.05, 4.69) is 10.6 Å². The van der Waals surface area contributed by atoms with Crippen LogP contribution in [0.25, 0.3) is 0 Å². The molecule has 3 N–H and O–H groups in total. The number of rotatable bonds is 7. The fourth-order valence-corrected chi connectivity index (χ4v) is 4.75. The lowest BCUT2D eigenvalue weighted by atomic mass is 9.77. The van der Waals surface area contributed by atoms with Gasteiger partial charge in [0.25, 0.3) is 0 Å². The van der Waals surface area contributed by atoms with Gasteiger partial charge in [-0.15, -0.1) is 0 Å². The number of carbonyl (C=O) groups excluding carboxylic acids is 2. The topological polar surface area (TPSA) is 87.7 Å². The molecule has 2 bridgehead atoms. The third kappa shape index (κ3) is 4.85. The molecule has 28 heavy (non-hydrogen) atoms. The van der Waals surface area contributed by atoms with Crippen molar-refractivity contribution in [3.63, 3.8) is 0 Å². The van der Waals surface area contributed by atoms with Crippen molar-refractivity contribution in [3.05, 3.63) is 29.8 Å². The maximum absolute atomic E-state index is 12.6. The maximum atomic E-state index is 12.6. The van der Waals surface area contributed by atoms with Crippen LogP contribution in [-0.4, -0.2) is 41.8 Å². The molecule has 1 unspecified atom stereocenters. The molecule has 2 saturated carbocycles. The van der Waals surface area contributed by atoms with Gasteiger partial charge in [0, 0.05) is 12.2 Å². The zero-order valence-electron chi connectivity index (χ0n) is 17.1. The van der Waals surface area contributed by atoms with Crippen molar-refractivity contribution in [2.24, 2.45) is 11.8 Å². The number of amides is 1. The molecule has 1 amide bonds. The van der Waals surface area contributed by atoms with Crippen LogP contribution in [0.2, 0.25) is 0 Å². The van der Waals surface area contributed by atoms with Crippen LogP contribution in [0.1, 0.15) is 62.7 Å². The number of aliphatic hydroxyl groups is 1. The second-order valence-electron chi connectivity index (χ2n) is 9.00. The summed E-state index contributed by atoms with van der Waals surface area (Å²) in [6.45, 7) is 4.29. The molecule has 0 heterocycles. The number of ether oxygens (including phenoxy) is 1. The van der Waals surface area contributed by atoms with Gasteiger partial charge in [-0.3, -0.25) is 4.79 Å². The minimum absolute atomic E-state index is 0.0676. The Morgan fingerprint density at radius 3 is 2.61 bits per heavy atom. The lowest BCUT2D eigenvalue weighted by Crippen LogP contribution is -2.48. The molecule has 6 heteroatoms. The number of methoxy groups -OCH3 is 1. The largest absolute Gasteiger partial charge is 0.465 e. The zero-order chi connectivity index (χ0) is 20.4. The lowest BCUT2D eigenvalue weighted by Gasteiger charge is -2.34. The molecule has 0 saturated heterocycles.